The van der Waals surface area contributed by atoms with Crippen molar-refractivity contribution in [2.24, 2.45) is 4.99 Å². The number of pyridine rings is 6. The number of nitrogens with zero attached hydrogens (tertiary/aromatic N) is 4. The Kier molecular flexibility index (Phi) is 13.4. The predicted molar refractivity (Wildman–Crippen MR) is 193 cm³/mol. The summed E-state index contributed by atoms with van der Waals surface area (Å²) >= 11 is 9.11. The van der Waals surface area contributed by atoms with Gasteiger partial charge in [0.15, 0.2) is 0 Å². The molecule has 0 saturated carbocycles. The molecule has 6 rings (SSSR count). The summed E-state index contributed by atoms with van der Waals surface area (Å²) in [6.07, 6.45) is 4.76. The zero-order chi connectivity index (χ0) is 36.7. The molecule has 15 nitrogen and oxygen atoms in total. The van der Waals surface area contributed by atoms with Crippen molar-refractivity contribution in [3.63, 3.8) is 0 Å². The Morgan fingerprint density at radius 3 is 1.49 bits per heavy atom. The van der Waals surface area contributed by atoms with Crippen molar-refractivity contribution in [1.82, 2.24) is 35.2 Å². The fourth-order valence-corrected chi connectivity index (χ4v) is 4.80. The first-order valence-electron chi connectivity index (χ1n) is 14.3. The minimum absolute atomic E-state index is 0. The summed E-state index contributed by atoms with van der Waals surface area (Å²) in [6, 6.07) is 9.34. The van der Waals surface area contributed by atoms with Crippen molar-refractivity contribution >= 4 is 85.1 Å². The summed E-state index contributed by atoms with van der Waals surface area (Å²) in [5, 5.41) is 15.2. The van der Waals surface area contributed by atoms with Crippen LogP contribution >= 0.6 is 24.4 Å². The monoisotopic (exact) mass is 761 g/mol. The number of aryl methyl sites for hydroxylation is 3. The van der Waals surface area contributed by atoms with Gasteiger partial charge in [0.05, 0.1) is 26.7 Å². The number of carboxylic acids is 1. The molecule has 1 radical (unpaired) electrons. The standard InChI is InChI=1S/C12H11N3O2S.C11H7N3O2S.C10H8N2O3.V/c1-6-8-5-9(11(16)14-7(2)18)12(17)15-10(8)3-4-13-6;1-6-7-4-8(10(15)13-5-17)11(16)14-9(7)2-3-12-6;1-5-6-4-7(10(14)15)9(13)12-8(6)2-3-11-5;/h3-5H,1-2H3,(H,15,17)(H,14,16,18);2-4H,1H3,(H,14,16);2-4H,1H3,(H,12,13)(H,14,15);. The van der Waals surface area contributed by atoms with Gasteiger partial charge in [-0.05, 0) is 76.3 Å². The number of thiocarbonyl (C=S) groups is 2. The number of aromatic carboxylic acids is 1. The van der Waals surface area contributed by atoms with Gasteiger partial charge in [0.2, 0.25) is 0 Å². The SMILES string of the molecule is CC(=S)NC(=O)c1cc2c(C)nccc2[nH]c1=O.Cc1nccc2[nH]c(=O)c(C(=O)N=C=S)cc12.Cc1nccc2[nH]c(=O)c(C(=O)O)cc12.[V]. The number of isothiocyanates is 1. The molecule has 0 unspecified atom stereocenters. The number of hydrogen-bond donors (Lipinski definition) is 5. The van der Waals surface area contributed by atoms with Crippen LogP contribution in [0.3, 0.4) is 0 Å². The van der Waals surface area contributed by atoms with Crippen molar-refractivity contribution in [1.29, 1.82) is 0 Å². The first-order valence-corrected chi connectivity index (χ1v) is 15.2. The van der Waals surface area contributed by atoms with Crippen LogP contribution in [0, 0.1) is 20.8 Å². The molecule has 0 aromatic carbocycles. The third kappa shape index (κ3) is 9.45. The number of aromatic amines is 3. The molecule has 18 heteroatoms. The van der Waals surface area contributed by atoms with E-state index in [9.17, 15) is 28.8 Å². The average molecular weight is 762 g/mol. The minimum atomic E-state index is -1.23. The van der Waals surface area contributed by atoms with Gasteiger partial charge in [0.25, 0.3) is 28.5 Å². The number of fused-ring (bicyclic) bond motifs is 3. The van der Waals surface area contributed by atoms with E-state index in [1.807, 2.05) is 12.1 Å². The quantitative estimate of drug-likeness (QED) is 0.128. The van der Waals surface area contributed by atoms with E-state index in [1.54, 1.807) is 57.6 Å². The van der Waals surface area contributed by atoms with Crippen LogP contribution in [0.1, 0.15) is 55.1 Å². The van der Waals surface area contributed by atoms with E-state index < -0.39 is 34.5 Å². The maximum atomic E-state index is 11.8. The van der Waals surface area contributed by atoms with Gasteiger partial charge in [-0.3, -0.25) is 38.9 Å². The van der Waals surface area contributed by atoms with Gasteiger partial charge in [-0.2, -0.15) is 4.99 Å². The molecule has 0 fully saturated rings. The number of rotatable bonds is 3. The Morgan fingerprint density at radius 2 is 1.10 bits per heavy atom. The molecule has 0 aliphatic rings. The third-order valence-electron chi connectivity index (χ3n) is 7.05. The zero-order valence-electron chi connectivity index (χ0n) is 27.1. The second-order valence-corrected chi connectivity index (χ2v) is 11.2. The number of carbonyl (C=O) groups excluding carboxylic acids is 2. The average Bonchev–Trinajstić information content (AvgIpc) is 3.04. The molecule has 257 valence electrons. The number of carbonyl (C=O) groups is 3. The van der Waals surface area contributed by atoms with Crippen molar-refractivity contribution in [3.05, 3.63) is 120 Å². The molecule has 0 spiro atoms. The molecule has 0 atom stereocenters. The van der Waals surface area contributed by atoms with Crippen molar-refractivity contribution in [3.8, 4) is 0 Å². The van der Waals surface area contributed by atoms with Crippen molar-refractivity contribution in [2.45, 2.75) is 27.7 Å². The normalized spacial score (nSPS) is 10.0. The van der Waals surface area contributed by atoms with E-state index in [1.165, 1.54) is 18.2 Å². The number of amides is 2. The summed E-state index contributed by atoms with van der Waals surface area (Å²) in [7, 11) is 0. The number of aromatic nitrogens is 6. The van der Waals surface area contributed by atoms with E-state index in [4.69, 9.17) is 17.3 Å². The van der Waals surface area contributed by atoms with Crippen LogP contribution in [0.25, 0.3) is 32.7 Å². The molecule has 5 N–H and O–H groups in total. The summed E-state index contributed by atoms with van der Waals surface area (Å²) in [6.45, 7) is 6.94. The van der Waals surface area contributed by atoms with Crippen LogP contribution in [0.4, 0.5) is 0 Å². The molecule has 6 aromatic rings. The third-order valence-corrected chi connectivity index (χ3v) is 7.25. The van der Waals surface area contributed by atoms with Crippen LogP contribution in [-0.2, 0) is 18.6 Å². The molecule has 0 bridgehead atoms. The van der Waals surface area contributed by atoms with Gasteiger partial charge in [-0.15, -0.1) is 0 Å². The number of H-pyrrole nitrogens is 3. The minimum Gasteiger partial charge on any atom is -0.477 e. The topological polar surface area (TPSA) is 233 Å². The van der Waals surface area contributed by atoms with Crippen LogP contribution in [0.2, 0.25) is 0 Å². The van der Waals surface area contributed by atoms with Gasteiger partial charge in [0, 0.05) is 70.4 Å². The van der Waals surface area contributed by atoms with Crippen LogP contribution in [0.15, 0.2) is 74.4 Å². The first-order chi connectivity index (χ1) is 23.7. The summed E-state index contributed by atoms with van der Waals surface area (Å²) in [5.74, 6) is -2.44. The van der Waals surface area contributed by atoms with Crippen molar-refractivity contribution in [2.75, 3.05) is 0 Å². The van der Waals surface area contributed by atoms with Gasteiger partial charge in [-0.25, -0.2) is 4.79 Å². The van der Waals surface area contributed by atoms with Crippen LogP contribution in [0.5, 0.6) is 0 Å². The molecule has 51 heavy (non-hydrogen) atoms. The molecular formula is C33H26N8O7S2V. The Morgan fingerprint density at radius 1 is 0.725 bits per heavy atom. The number of hydrogen-bond acceptors (Lipinski definition) is 11. The van der Waals surface area contributed by atoms with E-state index in [0.717, 1.165) is 16.8 Å². The second kappa shape index (κ2) is 17.2. The maximum Gasteiger partial charge on any atom is 0.341 e. The predicted octanol–water partition coefficient (Wildman–Crippen LogP) is 3.71. The number of nitrogens with one attached hydrogen (secondary N) is 4. The van der Waals surface area contributed by atoms with Crippen LogP contribution < -0.4 is 22.0 Å². The Balaban J connectivity index is 0.000000205. The van der Waals surface area contributed by atoms with Gasteiger partial charge < -0.3 is 25.4 Å². The van der Waals surface area contributed by atoms with Gasteiger partial charge in [-0.1, -0.05) is 12.2 Å². The van der Waals surface area contributed by atoms with E-state index >= 15 is 0 Å². The largest absolute Gasteiger partial charge is 0.477 e. The number of aliphatic imine (C=N–C) groups is 1. The Hall–Kier alpha value is -5.84. The summed E-state index contributed by atoms with van der Waals surface area (Å²) in [4.78, 5) is 92.4. The van der Waals surface area contributed by atoms with E-state index in [2.05, 4.69) is 52.4 Å². The smallest absolute Gasteiger partial charge is 0.341 e. The summed E-state index contributed by atoms with van der Waals surface area (Å²) in [5.41, 5.74) is 2.20. The molecule has 2 amide bonds. The van der Waals surface area contributed by atoms with Crippen LogP contribution in [-0.4, -0.2) is 62.9 Å². The zero-order valence-corrected chi connectivity index (χ0v) is 30.2. The van der Waals surface area contributed by atoms with Crippen molar-refractivity contribution < 1.29 is 38.0 Å². The first kappa shape index (κ1) is 39.6. The van der Waals surface area contributed by atoms with Gasteiger partial charge in [0.1, 0.15) is 16.7 Å². The van der Waals surface area contributed by atoms with E-state index in [-0.39, 0.29) is 35.2 Å². The number of carboxylic acid groups (broad SMARTS) is 1. The molecular weight excluding hydrogens is 735 g/mol. The molecule has 0 aliphatic carbocycles. The van der Waals surface area contributed by atoms with Gasteiger partial charge >= 0.3 is 5.97 Å². The summed E-state index contributed by atoms with van der Waals surface area (Å²) < 4.78 is 0. The fourth-order valence-electron chi connectivity index (χ4n) is 4.62. The molecule has 6 heterocycles. The van der Waals surface area contributed by atoms with E-state index in [0.29, 0.717) is 38.0 Å². The second-order valence-electron chi connectivity index (χ2n) is 10.4. The Bertz CT molecular complexity index is 2600. The fraction of sp³-hybridized carbons (Fsp3) is 0.121. The molecule has 0 aliphatic heterocycles. The molecule has 0 saturated heterocycles. The Labute approximate surface area is 309 Å². The maximum absolute atomic E-state index is 11.8. The molecule has 6 aromatic heterocycles.